The predicted molar refractivity (Wildman–Crippen MR) is 105 cm³/mol. The SMILES string of the molecule is COc1ccccc1NC(=O)N1CCN(c2ccc(S(C)(=O)=O)cc2F)CC1. The zero-order valence-corrected chi connectivity index (χ0v) is 16.5. The van der Waals surface area contributed by atoms with E-state index in [1.54, 1.807) is 28.0 Å². The number of benzene rings is 2. The van der Waals surface area contributed by atoms with Gasteiger partial charge >= 0.3 is 6.03 Å². The van der Waals surface area contributed by atoms with Crippen molar-refractivity contribution in [3.63, 3.8) is 0 Å². The van der Waals surface area contributed by atoms with Gasteiger partial charge in [0.15, 0.2) is 9.84 Å². The highest BCUT2D eigenvalue weighted by molar-refractivity contribution is 7.90. The Labute approximate surface area is 163 Å². The first-order valence-corrected chi connectivity index (χ1v) is 10.6. The van der Waals surface area contributed by atoms with Crippen LogP contribution in [0.5, 0.6) is 5.75 Å². The van der Waals surface area contributed by atoms with Crippen molar-refractivity contribution in [1.82, 2.24) is 4.90 Å². The van der Waals surface area contributed by atoms with Gasteiger partial charge in [0.05, 0.1) is 23.4 Å². The molecule has 1 aliphatic heterocycles. The maximum absolute atomic E-state index is 14.4. The first kappa shape index (κ1) is 19.9. The van der Waals surface area contributed by atoms with Crippen molar-refractivity contribution in [3.8, 4) is 5.75 Å². The van der Waals surface area contributed by atoms with E-state index in [0.717, 1.165) is 12.3 Å². The van der Waals surface area contributed by atoms with Crippen LogP contribution in [0.4, 0.5) is 20.6 Å². The largest absolute Gasteiger partial charge is 0.495 e. The van der Waals surface area contributed by atoms with Gasteiger partial charge in [0.2, 0.25) is 0 Å². The number of piperazine rings is 1. The summed E-state index contributed by atoms with van der Waals surface area (Å²) in [6.45, 7) is 1.70. The lowest BCUT2D eigenvalue weighted by atomic mass is 10.2. The van der Waals surface area contributed by atoms with Crippen LogP contribution in [0.2, 0.25) is 0 Å². The third-order valence-corrected chi connectivity index (χ3v) is 5.71. The van der Waals surface area contributed by atoms with Gasteiger partial charge in [0, 0.05) is 32.4 Å². The molecular weight excluding hydrogens is 385 g/mol. The Balaban J connectivity index is 1.64. The highest BCUT2D eigenvalue weighted by atomic mass is 32.2. The fourth-order valence-electron chi connectivity index (χ4n) is 3.07. The van der Waals surface area contributed by atoms with Crippen LogP contribution < -0.4 is 15.0 Å². The molecule has 2 amide bonds. The normalized spacial score (nSPS) is 14.7. The molecule has 1 fully saturated rings. The Hall–Kier alpha value is -2.81. The fourth-order valence-corrected chi connectivity index (χ4v) is 3.70. The summed E-state index contributed by atoms with van der Waals surface area (Å²) in [6.07, 6.45) is 1.04. The number of hydrogen-bond donors (Lipinski definition) is 1. The lowest BCUT2D eigenvalue weighted by Crippen LogP contribution is -2.50. The van der Waals surface area contributed by atoms with Crippen LogP contribution in [-0.2, 0) is 9.84 Å². The van der Waals surface area contributed by atoms with Crippen LogP contribution >= 0.6 is 0 Å². The molecule has 7 nitrogen and oxygen atoms in total. The Bertz CT molecular complexity index is 973. The summed E-state index contributed by atoms with van der Waals surface area (Å²) in [5, 5.41) is 2.82. The molecule has 0 atom stereocenters. The Kier molecular flexibility index (Phi) is 5.73. The van der Waals surface area contributed by atoms with Gasteiger partial charge in [-0.15, -0.1) is 0 Å². The number of sulfone groups is 1. The average molecular weight is 407 g/mol. The number of hydrogen-bond acceptors (Lipinski definition) is 5. The summed E-state index contributed by atoms with van der Waals surface area (Å²) in [7, 11) is -1.92. The fraction of sp³-hybridized carbons (Fsp3) is 0.316. The molecule has 28 heavy (non-hydrogen) atoms. The molecule has 2 aromatic rings. The lowest BCUT2D eigenvalue weighted by molar-refractivity contribution is 0.208. The molecule has 0 unspecified atom stereocenters. The van der Waals surface area contributed by atoms with Gasteiger partial charge in [-0.3, -0.25) is 0 Å². The van der Waals surface area contributed by atoms with E-state index in [1.807, 2.05) is 6.07 Å². The number of nitrogens with zero attached hydrogens (tertiary/aromatic N) is 2. The second kappa shape index (κ2) is 8.05. The monoisotopic (exact) mass is 407 g/mol. The number of carbonyl (C=O) groups excluding carboxylic acids is 1. The molecule has 1 heterocycles. The molecular formula is C19H22FN3O4S. The summed E-state index contributed by atoms with van der Waals surface area (Å²) in [5.74, 6) is -0.0163. The van der Waals surface area contributed by atoms with Crippen molar-refractivity contribution in [3.05, 3.63) is 48.3 Å². The standard InChI is InChI=1S/C19H22FN3O4S/c1-27-18-6-4-3-5-16(18)21-19(24)23-11-9-22(10-12-23)17-8-7-14(13-15(17)20)28(2,25)26/h3-8,13H,9-12H2,1-2H3,(H,21,24). The van der Waals surface area contributed by atoms with Gasteiger partial charge in [-0.25, -0.2) is 17.6 Å². The van der Waals surface area contributed by atoms with Crippen molar-refractivity contribution in [2.45, 2.75) is 4.90 Å². The molecule has 1 aliphatic rings. The number of halogens is 1. The second-order valence-electron chi connectivity index (χ2n) is 6.49. The number of amides is 2. The number of nitrogens with one attached hydrogen (secondary N) is 1. The quantitative estimate of drug-likeness (QED) is 0.843. The minimum absolute atomic E-state index is 0.0522. The van der Waals surface area contributed by atoms with Crippen LogP contribution in [-0.4, -0.2) is 58.9 Å². The first-order chi connectivity index (χ1) is 13.3. The van der Waals surface area contributed by atoms with Crippen molar-refractivity contribution >= 4 is 27.2 Å². The van der Waals surface area contributed by atoms with E-state index >= 15 is 0 Å². The maximum atomic E-state index is 14.4. The highest BCUT2D eigenvalue weighted by Crippen LogP contribution is 2.25. The van der Waals surface area contributed by atoms with Gasteiger partial charge in [0.25, 0.3) is 0 Å². The third kappa shape index (κ3) is 4.36. The van der Waals surface area contributed by atoms with E-state index in [2.05, 4.69) is 5.32 Å². The first-order valence-electron chi connectivity index (χ1n) is 8.73. The van der Waals surface area contributed by atoms with Gasteiger partial charge in [0.1, 0.15) is 11.6 Å². The Morgan fingerprint density at radius 3 is 2.39 bits per heavy atom. The summed E-state index contributed by atoms with van der Waals surface area (Å²) in [4.78, 5) is 15.9. The highest BCUT2D eigenvalue weighted by Gasteiger charge is 2.24. The zero-order valence-electron chi connectivity index (χ0n) is 15.7. The number of para-hydroxylation sites is 2. The molecule has 2 aromatic carbocycles. The van der Waals surface area contributed by atoms with E-state index in [4.69, 9.17) is 4.74 Å². The Morgan fingerprint density at radius 2 is 1.79 bits per heavy atom. The minimum atomic E-state index is -3.46. The lowest BCUT2D eigenvalue weighted by Gasteiger charge is -2.36. The third-order valence-electron chi connectivity index (χ3n) is 4.60. The van der Waals surface area contributed by atoms with Gasteiger partial charge in [-0.1, -0.05) is 12.1 Å². The summed E-state index contributed by atoms with van der Waals surface area (Å²) < 4.78 is 42.7. The maximum Gasteiger partial charge on any atom is 0.322 e. The molecule has 1 saturated heterocycles. The Morgan fingerprint density at radius 1 is 1.11 bits per heavy atom. The molecule has 9 heteroatoms. The van der Waals surface area contributed by atoms with E-state index < -0.39 is 15.7 Å². The topological polar surface area (TPSA) is 79.0 Å². The molecule has 0 radical (unpaired) electrons. The van der Waals surface area contributed by atoms with E-state index in [1.165, 1.54) is 19.2 Å². The van der Waals surface area contributed by atoms with Gasteiger partial charge in [-0.05, 0) is 30.3 Å². The molecule has 1 N–H and O–H groups in total. The number of rotatable bonds is 4. The van der Waals surface area contributed by atoms with E-state index in [9.17, 15) is 17.6 Å². The summed E-state index contributed by atoms with van der Waals surface area (Å²) >= 11 is 0. The number of carbonyl (C=O) groups is 1. The summed E-state index contributed by atoms with van der Waals surface area (Å²) in [5.41, 5.74) is 0.914. The van der Waals surface area contributed by atoms with Crippen molar-refractivity contribution < 1.29 is 22.3 Å². The number of methoxy groups -OCH3 is 1. The van der Waals surface area contributed by atoms with Gasteiger partial charge < -0.3 is 19.9 Å². The van der Waals surface area contributed by atoms with Crippen molar-refractivity contribution in [2.24, 2.45) is 0 Å². The van der Waals surface area contributed by atoms with Gasteiger partial charge in [-0.2, -0.15) is 0 Å². The molecule has 0 aliphatic carbocycles. The second-order valence-corrected chi connectivity index (χ2v) is 8.51. The smallest absolute Gasteiger partial charge is 0.322 e. The van der Waals surface area contributed by atoms with E-state index in [-0.39, 0.29) is 10.9 Å². The zero-order chi connectivity index (χ0) is 20.3. The molecule has 0 spiro atoms. The van der Waals surface area contributed by atoms with Crippen molar-refractivity contribution in [2.75, 3.05) is 49.8 Å². The molecule has 0 aromatic heterocycles. The number of anilines is 2. The molecule has 0 saturated carbocycles. The van der Waals surface area contributed by atoms with Crippen molar-refractivity contribution in [1.29, 1.82) is 0 Å². The predicted octanol–water partition coefficient (Wildman–Crippen LogP) is 2.59. The molecule has 3 rings (SSSR count). The average Bonchev–Trinajstić information content (AvgIpc) is 2.68. The summed E-state index contributed by atoms with van der Waals surface area (Å²) in [6, 6.07) is 10.8. The van der Waals surface area contributed by atoms with Crippen LogP contribution in [0.1, 0.15) is 0 Å². The van der Waals surface area contributed by atoms with Crippen LogP contribution in [0.15, 0.2) is 47.4 Å². The van der Waals surface area contributed by atoms with Crippen LogP contribution in [0, 0.1) is 5.82 Å². The van der Waals surface area contributed by atoms with Crippen LogP contribution in [0.25, 0.3) is 0 Å². The molecule has 0 bridgehead atoms. The van der Waals surface area contributed by atoms with Crippen LogP contribution in [0.3, 0.4) is 0 Å². The number of urea groups is 1. The minimum Gasteiger partial charge on any atom is -0.495 e. The van der Waals surface area contributed by atoms with E-state index in [0.29, 0.717) is 43.3 Å². The molecule has 150 valence electrons. The number of ether oxygens (including phenoxy) is 1.